The lowest BCUT2D eigenvalue weighted by Gasteiger charge is -2.29. The third-order valence-corrected chi connectivity index (χ3v) is 5.79. The number of quaternary nitrogens is 1. The number of Topliss-reactive ketones (excluding diaryl/α,β-unsaturated/α-hetero) is 1. The van der Waals surface area contributed by atoms with Crippen LogP contribution in [0.5, 0.6) is 23.0 Å². The van der Waals surface area contributed by atoms with Gasteiger partial charge in [0, 0.05) is 29.2 Å². The summed E-state index contributed by atoms with van der Waals surface area (Å²) >= 11 is 0. The Bertz CT molecular complexity index is 1420. The first kappa shape index (κ1) is 20.9. The molecule has 0 saturated heterocycles. The summed E-state index contributed by atoms with van der Waals surface area (Å²) in [5.74, 6) is -2.56. The van der Waals surface area contributed by atoms with E-state index >= 15 is 0 Å². The molecule has 170 valence electrons. The minimum atomic E-state index is -1.28. The van der Waals surface area contributed by atoms with Crippen LogP contribution in [0, 0.1) is 12.1 Å². The standard InChI is InChI=1S/C22H17NO10/c1-8-3-15(25)32-21-17(8)20(27)18(9(2)24)22-19(21)11(5-16(26)33-22)10-4-13-14(31-7-30-13)6-12(10)23(28)29/h3-4,6,11,23,27-28H,5,7H2,1-2H3. The van der Waals surface area contributed by atoms with Crippen molar-refractivity contribution >= 4 is 28.4 Å². The maximum Gasteiger partial charge on any atom is 0.336 e. The zero-order valence-corrected chi connectivity index (χ0v) is 17.4. The van der Waals surface area contributed by atoms with Crippen molar-refractivity contribution in [3.8, 4) is 23.0 Å². The van der Waals surface area contributed by atoms with E-state index in [2.05, 4.69) is 0 Å². The molecule has 5 rings (SSSR count). The summed E-state index contributed by atoms with van der Waals surface area (Å²) in [6.07, 6.45) is -0.304. The van der Waals surface area contributed by atoms with Crippen molar-refractivity contribution in [2.24, 2.45) is 0 Å². The van der Waals surface area contributed by atoms with Crippen LogP contribution >= 0.6 is 0 Å². The molecule has 2 aromatic carbocycles. The van der Waals surface area contributed by atoms with Gasteiger partial charge >= 0.3 is 11.6 Å². The molecule has 2 aliphatic heterocycles. The van der Waals surface area contributed by atoms with Crippen molar-refractivity contribution in [1.82, 2.24) is 0 Å². The van der Waals surface area contributed by atoms with Crippen LogP contribution in [0.1, 0.15) is 46.3 Å². The number of rotatable bonds is 3. The second kappa shape index (κ2) is 7.30. The fourth-order valence-electron chi connectivity index (χ4n) is 4.43. The first-order valence-corrected chi connectivity index (χ1v) is 9.89. The first-order chi connectivity index (χ1) is 15.7. The molecule has 2 aliphatic rings. The van der Waals surface area contributed by atoms with E-state index in [4.69, 9.17) is 18.6 Å². The minimum absolute atomic E-state index is 0.0935. The Hall–Kier alpha value is -3.93. The van der Waals surface area contributed by atoms with E-state index in [1.165, 1.54) is 19.1 Å². The van der Waals surface area contributed by atoms with Gasteiger partial charge < -0.3 is 28.9 Å². The van der Waals surface area contributed by atoms with E-state index in [0.717, 1.165) is 6.07 Å². The van der Waals surface area contributed by atoms with Crippen LogP contribution in [0.25, 0.3) is 11.0 Å². The van der Waals surface area contributed by atoms with Crippen molar-refractivity contribution in [1.29, 1.82) is 0 Å². The summed E-state index contributed by atoms with van der Waals surface area (Å²) < 4.78 is 21.4. The van der Waals surface area contributed by atoms with Crippen LogP contribution < -0.4 is 25.1 Å². The molecule has 0 saturated carbocycles. The van der Waals surface area contributed by atoms with E-state index in [0.29, 0.717) is 5.56 Å². The van der Waals surface area contributed by atoms with Crippen molar-refractivity contribution in [3.05, 3.63) is 56.1 Å². The highest BCUT2D eigenvalue weighted by molar-refractivity contribution is 6.09. The number of hydrogen-bond acceptors (Lipinski definition) is 10. The summed E-state index contributed by atoms with van der Waals surface area (Å²) in [6.45, 7) is 2.65. The quantitative estimate of drug-likeness (QED) is 0.174. The molecule has 0 fully saturated rings. The van der Waals surface area contributed by atoms with Crippen molar-refractivity contribution in [3.63, 3.8) is 0 Å². The predicted octanol–water partition coefficient (Wildman–Crippen LogP) is 1.58. The largest absolute Gasteiger partial charge is 0.595 e. The lowest BCUT2D eigenvalue weighted by Crippen LogP contribution is -2.99. The summed E-state index contributed by atoms with van der Waals surface area (Å²) in [5.41, 5.74) is -0.606. The van der Waals surface area contributed by atoms with Crippen LogP contribution in [-0.4, -0.2) is 28.9 Å². The van der Waals surface area contributed by atoms with Gasteiger partial charge in [0.05, 0.1) is 11.8 Å². The highest BCUT2D eigenvalue weighted by Gasteiger charge is 2.40. The Balaban J connectivity index is 1.92. The molecule has 33 heavy (non-hydrogen) atoms. The molecular weight excluding hydrogens is 438 g/mol. The zero-order chi connectivity index (χ0) is 23.6. The lowest BCUT2D eigenvalue weighted by atomic mass is 9.82. The van der Waals surface area contributed by atoms with E-state index in [9.17, 15) is 29.9 Å². The number of esters is 1. The molecule has 2 unspecified atom stereocenters. The number of phenols is 1. The van der Waals surface area contributed by atoms with E-state index < -0.39 is 34.3 Å². The highest BCUT2D eigenvalue weighted by atomic mass is 16.8. The monoisotopic (exact) mass is 455 g/mol. The predicted molar refractivity (Wildman–Crippen MR) is 109 cm³/mol. The highest BCUT2D eigenvalue weighted by Crippen LogP contribution is 2.51. The van der Waals surface area contributed by atoms with Gasteiger partial charge in [0.2, 0.25) is 6.79 Å². The van der Waals surface area contributed by atoms with Crippen LogP contribution in [0.2, 0.25) is 0 Å². The Morgan fingerprint density at radius 3 is 2.55 bits per heavy atom. The summed E-state index contributed by atoms with van der Waals surface area (Å²) in [7, 11) is 0. The number of aryl methyl sites for hydroxylation is 1. The third-order valence-electron chi connectivity index (χ3n) is 5.79. The Labute approximate surface area is 184 Å². The summed E-state index contributed by atoms with van der Waals surface area (Å²) in [5, 5.41) is 31.6. The average Bonchev–Trinajstić information content (AvgIpc) is 3.18. The first-order valence-electron chi connectivity index (χ1n) is 9.89. The Morgan fingerprint density at radius 2 is 1.88 bits per heavy atom. The SMILES string of the molecule is CC(=O)c1c2c(c3oc(=O)cc(C)c3c1O)C(c1cc3c(cc1[NH+]([O-])O)OCO3)CC(=O)O2. The van der Waals surface area contributed by atoms with Gasteiger partial charge in [-0.1, -0.05) is 0 Å². The van der Waals surface area contributed by atoms with Crippen LogP contribution in [-0.2, 0) is 4.79 Å². The molecule has 0 spiro atoms. The van der Waals surface area contributed by atoms with Gasteiger partial charge in [-0.05, 0) is 25.5 Å². The molecule has 3 heterocycles. The molecule has 3 aromatic rings. The minimum Gasteiger partial charge on any atom is -0.595 e. The smallest absolute Gasteiger partial charge is 0.336 e. The van der Waals surface area contributed by atoms with Crippen molar-refractivity contribution < 1.29 is 43.8 Å². The fraction of sp³-hybridized carbons (Fsp3) is 0.227. The molecule has 0 bridgehead atoms. The lowest BCUT2D eigenvalue weighted by molar-refractivity contribution is -0.991. The topological polar surface area (TPSA) is 160 Å². The van der Waals surface area contributed by atoms with E-state index in [1.807, 2.05) is 0 Å². The molecule has 2 atom stereocenters. The zero-order valence-electron chi connectivity index (χ0n) is 17.4. The maximum absolute atomic E-state index is 12.6. The van der Waals surface area contributed by atoms with Crippen LogP contribution in [0.15, 0.2) is 27.4 Å². The number of aromatic hydroxyl groups is 1. The normalized spacial score (nSPS) is 17.6. The number of ether oxygens (including phenoxy) is 3. The number of ketones is 1. The van der Waals surface area contributed by atoms with Crippen LogP contribution in [0.3, 0.4) is 0 Å². The number of fused-ring (bicyclic) bond motifs is 4. The number of hydrogen-bond donors (Lipinski definition) is 3. The van der Waals surface area contributed by atoms with Gasteiger partial charge in [0.15, 0.2) is 28.7 Å². The van der Waals surface area contributed by atoms with Crippen molar-refractivity contribution in [2.75, 3.05) is 6.79 Å². The molecule has 0 aliphatic carbocycles. The van der Waals surface area contributed by atoms with Gasteiger partial charge in [-0.25, -0.2) is 10.0 Å². The number of nitrogens with one attached hydrogen (secondary N) is 1. The second-order valence-electron chi connectivity index (χ2n) is 7.80. The van der Waals surface area contributed by atoms with Gasteiger partial charge in [0.25, 0.3) is 0 Å². The molecule has 11 heteroatoms. The average molecular weight is 455 g/mol. The van der Waals surface area contributed by atoms with E-state index in [1.54, 1.807) is 6.92 Å². The maximum atomic E-state index is 12.6. The molecular formula is C22H17NO10. The Kier molecular flexibility index (Phi) is 4.64. The molecule has 0 radical (unpaired) electrons. The number of carbonyl (C=O) groups is 2. The third kappa shape index (κ3) is 3.13. The summed E-state index contributed by atoms with van der Waals surface area (Å²) in [6, 6.07) is 3.89. The number of benzene rings is 2. The van der Waals surface area contributed by atoms with E-state index in [-0.39, 0.29) is 63.8 Å². The van der Waals surface area contributed by atoms with Gasteiger partial charge in [0.1, 0.15) is 16.9 Å². The van der Waals surface area contributed by atoms with Gasteiger partial charge in [-0.15, -0.1) is 0 Å². The van der Waals surface area contributed by atoms with Crippen LogP contribution in [0.4, 0.5) is 5.69 Å². The summed E-state index contributed by atoms with van der Waals surface area (Å²) in [4.78, 5) is 37.2. The molecule has 0 amide bonds. The fourth-order valence-corrected chi connectivity index (χ4v) is 4.43. The Morgan fingerprint density at radius 1 is 1.18 bits per heavy atom. The van der Waals surface area contributed by atoms with Gasteiger partial charge in [-0.2, -0.15) is 5.23 Å². The molecule has 11 nitrogen and oxygen atoms in total. The molecule has 3 N–H and O–H groups in total. The second-order valence-corrected chi connectivity index (χ2v) is 7.80. The number of phenolic OH excluding ortho intramolecular Hbond substituents is 1. The molecule has 1 aromatic heterocycles. The van der Waals surface area contributed by atoms with Crippen molar-refractivity contribution in [2.45, 2.75) is 26.2 Å². The number of carbonyl (C=O) groups excluding carboxylic acids is 2. The van der Waals surface area contributed by atoms with Gasteiger partial charge in [-0.3, -0.25) is 9.59 Å².